The number of aromatic nitrogens is 2. The Morgan fingerprint density at radius 2 is 1.83 bits per heavy atom. The number of benzene rings is 1. The van der Waals surface area contributed by atoms with Gasteiger partial charge < -0.3 is 9.80 Å². The average Bonchev–Trinajstić information content (AvgIpc) is 2.97. The number of rotatable bonds is 4. The molecule has 1 fully saturated rings. The van der Waals surface area contributed by atoms with Crippen molar-refractivity contribution in [2.24, 2.45) is 0 Å². The molecule has 158 valence electrons. The van der Waals surface area contributed by atoms with Crippen molar-refractivity contribution in [2.75, 3.05) is 31.1 Å². The SMILES string of the molecule is CCc1cc(N2CCN(C(=O)Cn3nc(C(F)(F)F)c(Cl)c3C)CC2)ccc1Cl. The Morgan fingerprint density at radius 1 is 1.17 bits per heavy atom. The predicted octanol–water partition coefficient (Wildman–Crippen LogP) is 4.43. The fourth-order valence-electron chi connectivity index (χ4n) is 3.33. The van der Waals surface area contributed by atoms with Crippen LogP contribution in [0.25, 0.3) is 0 Å². The highest BCUT2D eigenvalue weighted by atomic mass is 35.5. The Balaban J connectivity index is 1.64. The van der Waals surface area contributed by atoms with Crippen LogP contribution in [0.2, 0.25) is 10.0 Å². The van der Waals surface area contributed by atoms with Gasteiger partial charge in [0.1, 0.15) is 6.54 Å². The number of nitrogens with zero attached hydrogens (tertiary/aromatic N) is 4. The number of carbonyl (C=O) groups excluding carboxylic acids is 1. The average molecular weight is 449 g/mol. The Hall–Kier alpha value is -1.93. The van der Waals surface area contributed by atoms with Crippen LogP contribution in [0, 0.1) is 6.92 Å². The smallest absolute Gasteiger partial charge is 0.368 e. The first kappa shape index (κ1) is 21.8. The van der Waals surface area contributed by atoms with Gasteiger partial charge in [-0.1, -0.05) is 30.1 Å². The molecular weight excluding hydrogens is 428 g/mol. The van der Waals surface area contributed by atoms with Crippen molar-refractivity contribution < 1.29 is 18.0 Å². The molecule has 0 aliphatic carbocycles. The van der Waals surface area contributed by atoms with E-state index in [4.69, 9.17) is 23.2 Å². The lowest BCUT2D eigenvalue weighted by molar-refractivity contribution is -0.142. The number of hydrogen-bond donors (Lipinski definition) is 0. The molecule has 0 bridgehead atoms. The molecule has 0 unspecified atom stereocenters. The Bertz CT molecular complexity index is 906. The number of piperazine rings is 1. The van der Waals surface area contributed by atoms with Crippen molar-refractivity contribution in [2.45, 2.75) is 33.0 Å². The van der Waals surface area contributed by atoms with Crippen LogP contribution in [0.4, 0.5) is 18.9 Å². The molecule has 1 aromatic carbocycles. The minimum Gasteiger partial charge on any atom is -0.368 e. The summed E-state index contributed by atoms with van der Waals surface area (Å²) in [4.78, 5) is 16.4. The molecule has 29 heavy (non-hydrogen) atoms. The highest BCUT2D eigenvalue weighted by Gasteiger charge is 2.38. The summed E-state index contributed by atoms with van der Waals surface area (Å²) in [7, 11) is 0. The predicted molar refractivity (Wildman–Crippen MR) is 107 cm³/mol. The van der Waals surface area contributed by atoms with Gasteiger partial charge in [-0.25, -0.2) is 0 Å². The fourth-order valence-corrected chi connectivity index (χ4v) is 3.82. The minimum absolute atomic E-state index is 0.124. The number of hydrogen-bond acceptors (Lipinski definition) is 3. The summed E-state index contributed by atoms with van der Waals surface area (Å²) in [6.45, 7) is 5.39. The lowest BCUT2D eigenvalue weighted by Gasteiger charge is -2.36. The van der Waals surface area contributed by atoms with E-state index in [0.29, 0.717) is 26.2 Å². The number of anilines is 1. The van der Waals surface area contributed by atoms with Gasteiger partial charge in [0.2, 0.25) is 5.91 Å². The van der Waals surface area contributed by atoms with Gasteiger partial charge >= 0.3 is 6.18 Å². The lowest BCUT2D eigenvalue weighted by atomic mass is 10.1. The van der Waals surface area contributed by atoms with Crippen molar-refractivity contribution in [1.29, 1.82) is 0 Å². The second kappa shape index (κ2) is 8.44. The summed E-state index contributed by atoms with van der Waals surface area (Å²) in [6, 6.07) is 5.87. The lowest BCUT2D eigenvalue weighted by Crippen LogP contribution is -2.49. The van der Waals surface area contributed by atoms with E-state index in [-0.39, 0.29) is 18.1 Å². The molecule has 10 heteroatoms. The van der Waals surface area contributed by atoms with Crippen LogP contribution in [0.5, 0.6) is 0 Å². The molecular formula is C19H21Cl2F3N4O. The van der Waals surface area contributed by atoms with E-state index in [9.17, 15) is 18.0 Å². The zero-order valence-electron chi connectivity index (χ0n) is 16.1. The summed E-state index contributed by atoms with van der Waals surface area (Å²) in [5.74, 6) is -0.286. The Kier molecular flexibility index (Phi) is 6.33. The molecule has 0 N–H and O–H groups in total. The zero-order chi connectivity index (χ0) is 21.3. The van der Waals surface area contributed by atoms with Gasteiger partial charge in [0.25, 0.3) is 0 Å². The molecule has 0 radical (unpaired) electrons. The topological polar surface area (TPSA) is 41.4 Å². The standard InChI is InChI=1S/C19H21Cl2F3N4O/c1-3-13-10-14(4-5-15(13)20)26-6-8-27(9-7-26)16(29)11-28-12(2)17(21)18(25-28)19(22,23)24/h4-5,10H,3,6-9,11H2,1-2H3. The number of aryl methyl sites for hydroxylation is 1. The fraction of sp³-hybridized carbons (Fsp3) is 0.474. The minimum atomic E-state index is -4.66. The number of carbonyl (C=O) groups is 1. The van der Waals surface area contributed by atoms with Gasteiger partial charge in [0, 0.05) is 36.9 Å². The Morgan fingerprint density at radius 3 is 2.38 bits per heavy atom. The second-order valence-corrected chi connectivity index (χ2v) is 7.69. The largest absolute Gasteiger partial charge is 0.436 e. The second-order valence-electron chi connectivity index (χ2n) is 6.90. The van der Waals surface area contributed by atoms with Crippen LogP contribution in [0.1, 0.15) is 23.9 Å². The van der Waals surface area contributed by atoms with Gasteiger partial charge in [-0.15, -0.1) is 0 Å². The van der Waals surface area contributed by atoms with E-state index in [2.05, 4.69) is 10.00 Å². The molecule has 0 atom stereocenters. The van der Waals surface area contributed by atoms with Gasteiger partial charge in [0.05, 0.1) is 10.7 Å². The van der Waals surface area contributed by atoms with E-state index >= 15 is 0 Å². The van der Waals surface area contributed by atoms with Crippen molar-refractivity contribution in [3.63, 3.8) is 0 Å². The first-order valence-corrected chi connectivity index (χ1v) is 9.98. The monoisotopic (exact) mass is 448 g/mol. The highest BCUT2D eigenvalue weighted by Crippen LogP contribution is 2.35. The van der Waals surface area contributed by atoms with Gasteiger partial charge in [0.15, 0.2) is 5.69 Å². The molecule has 0 saturated carbocycles. The first-order valence-electron chi connectivity index (χ1n) is 9.23. The molecule has 1 aliphatic rings. The highest BCUT2D eigenvalue weighted by molar-refractivity contribution is 6.32. The molecule has 5 nitrogen and oxygen atoms in total. The van der Waals surface area contributed by atoms with Crippen LogP contribution in [-0.2, 0) is 23.9 Å². The summed E-state index contributed by atoms with van der Waals surface area (Å²) >= 11 is 11.9. The van der Waals surface area contributed by atoms with E-state index < -0.39 is 16.9 Å². The maximum atomic E-state index is 12.9. The summed E-state index contributed by atoms with van der Waals surface area (Å²) in [5, 5.41) is 3.76. The molecule has 2 heterocycles. The number of halogens is 5. The van der Waals surface area contributed by atoms with Crippen LogP contribution in [0.3, 0.4) is 0 Å². The van der Waals surface area contributed by atoms with E-state index in [1.165, 1.54) is 6.92 Å². The maximum Gasteiger partial charge on any atom is 0.436 e. The normalized spacial score (nSPS) is 15.1. The third-order valence-electron chi connectivity index (χ3n) is 5.09. The van der Waals surface area contributed by atoms with Gasteiger partial charge in [-0.2, -0.15) is 18.3 Å². The van der Waals surface area contributed by atoms with Crippen LogP contribution in [-0.4, -0.2) is 46.8 Å². The molecule has 1 aromatic heterocycles. The maximum absolute atomic E-state index is 12.9. The van der Waals surface area contributed by atoms with Crippen LogP contribution >= 0.6 is 23.2 Å². The molecule has 0 spiro atoms. The molecule has 1 saturated heterocycles. The van der Waals surface area contributed by atoms with Crippen LogP contribution in [0.15, 0.2) is 18.2 Å². The first-order chi connectivity index (χ1) is 13.6. The van der Waals surface area contributed by atoms with Crippen molar-refractivity contribution in [3.05, 3.63) is 45.2 Å². The van der Waals surface area contributed by atoms with E-state index in [0.717, 1.165) is 27.4 Å². The summed E-state index contributed by atoms with van der Waals surface area (Å²) in [5.41, 5.74) is 1.07. The zero-order valence-corrected chi connectivity index (χ0v) is 17.6. The molecule has 2 aromatic rings. The summed E-state index contributed by atoms with van der Waals surface area (Å²) < 4.78 is 39.9. The van der Waals surface area contributed by atoms with Gasteiger partial charge in [-0.3, -0.25) is 9.48 Å². The Labute approximate surface area is 177 Å². The molecule has 1 amide bonds. The van der Waals surface area contributed by atoms with E-state index in [1.54, 1.807) is 4.90 Å². The molecule has 1 aliphatic heterocycles. The van der Waals surface area contributed by atoms with E-state index in [1.807, 2.05) is 25.1 Å². The third kappa shape index (κ3) is 4.64. The third-order valence-corrected chi connectivity index (χ3v) is 5.92. The van der Waals surface area contributed by atoms with Crippen molar-refractivity contribution in [3.8, 4) is 0 Å². The number of amides is 1. The quantitative estimate of drug-likeness (QED) is 0.694. The van der Waals surface area contributed by atoms with Crippen molar-refractivity contribution in [1.82, 2.24) is 14.7 Å². The van der Waals surface area contributed by atoms with Crippen LogP contribution < -0.4 is 4.90 Å². The van der Waals surface area contributed by atoms with Crippen molar-refractivity contribution >= 4 is 34.8 Å². The number of alkyl halides is 3. The summed E-state index contributed by atoms with van der Waals surface area (Å²) in [6.07, 6.45) is -3.82. The molecule has 3 rings (SSSR count). The van der Waals surface area contributed by atoms with Gasteiger partial charge in [-0.05, 0) is 37.1 Å².